The van der Waals surface area contributed by atoms with Crippen LogP contribution in [0.5, 0.6) is 0 Å². The Hall–Kier alpha value is 1.22. The second-order valence-corrected chi connectivity index (χ2v) is 0.349. The van der Waals surface area contributed by atoms with Crippen LogP contribution in [0.2, 0.25) is 0 Å². The van der Waals surface area contributed by atoms with Crippen LogP contribution in [0.25, 0.3) is 0 Å². The second kappa shape index (κ2) is 8.88. The van der Waals surface area contributed by atoms with Crippen LogP contribution in [0.1, 0.15) is 0 Å². The molecule has 0 aromatic heterocycles. The second-order valence-electron chi connectivity index (χ2n) is 0.0589. The molecule has 0 spiro atoms. The number of hydrogen-bond donors (Lipinski definition) is 0. The van der Waals surface area contributed by atoms with Crippen molar-refractivity contribution < 1.29 is 24.2 Å². The quantitative estimate of drug-likeness (QED) is 0.438. The Bertz CT molecular complexity index is 27.0. The molecule has 21 valence electrons. The van der Waals surface area contributed by atoms with Crippen molar-refractivity contribution in [2.24, 2.45) is 0 Å². The van der Waals surface area contributed by atoms with Gasteiger partial charge in [0.05, 0.1) is 0 Å². The summed E-state index contributed by atoms with van der Waals surface area (Å²) in [5.74, 6) is 0. The van der Waals surface area contributed by atoms with E-state index in [0.29, 0.717) is 0 Å². The van der Waals surface area contributed by atoms with Gasteiger partial charge in [-0.25, -0.2) is 0 Å². The van der Waals surface area contributed by atoms with Crippen molar-refractivity contribution in [1.29, 1.82) is 0 Å². The van der Waals surface area contributed by atoms with Gasteiger partial charge in [0.2, 0.25) is 0 Å². The third-order valence-electron chi connectivity index (χ3n) is 0. The molecule has 0 atom stereocenters. The summed E-state index contributed by atoms with van der Waals surface area (Å²) in [7, 11) is 0. The zero-order chi connectivity index (χ0) is 2.71. The zero-order valence-electron chi connectivity index (χ0n) is 2.17. The maximum atomic E-state index is 8.46. The summed E-state index contributed by atoms with van der Waals surface area (Å²) in [6.07, 6.45) is 0. The monoisotopic (exact) mass is 157 g/mol. The molecule has 0 aliphatic rings. The fourth-order valence-corrected chi connectivity index (χ4v) is 0. The summed E-state index contributed by atoms with van der Waals surface area (Å²) in [5, 5.41) is 0. The molecule has 0 rings (SSSR count). The van der Waals surface area contributed by atoms with Gasteiger partial charge >= 0.3 is 24.2 Å². The SMILES string of the molecule is [Na].[O]=[Ru]=[O]. The van der Waals surface area contributed by atoms with Crippen LogP contribution >= 0.6 is 0 Å². The molecule has 1 radical (unpaired) electrons. The first kappa shape index (κ1) is 8.97. The molecule has 0 aromatic rings. The van der Waals surface area contributed by atoms with Crippen molar-refractivity contribution >= 4 is 29.6 Å². The van der Waals surface area contributed by atoms with Gasteiger partial charge in [-0.05, 0) is 0 Å². The summed E-state index contributed by atoms with van der Waals surface area (Å²) in [5.41, 5.74) is 0. The molecule has 0 N–H and O–H groups in total. The fourth-order valence-electron chi connectivity index (χ4n) is 0. The molecule has 0 heterocycles. The van der Waals surface area contributed by atoms with Crippen molar-refractivity contribution in [2.45, 2.75) is 0 Å². The molecule has 0 unspecified atom stereocenters. The predicted octanol–water partition coefficient (Wildman–Crippen LogP) is -0.621. The average Bonchev–Trinajstić information content (AvgIpc) is 0.918. The summed E-state index contributed by atoms with van der Waals surface area (Å²) < 4.78 is 16.9. The van der Waals surface area contributed by atoms with E-state index in [1.54, 1.807) is 0 Å². The van der Waals surface area contributed by atoms with E-state index in [1.165, 1.54) is 0 Å². The third kappa shape index (κ3) is 10.6. The van der Waals surface area contributed by atoms with Crippen LogP contribution < -0.4 is 0 Å². The van der Waals surface area contributed by atoms with Crippen LogP contribution in [0, 0.1) is 0 Å². The fraction of sp³-hybridized carbons (Fsp3) is 0. The number of rotatable bonds is 0. The Morgan fingerprint density at radius 1 is 1.25 bits per heavy atom. The van der Waals surface area contributed by atoms with Gasteiger partial charge < -0.3 is 0 Å². The van der Waals surface area contributed by atoms with Gasteiger partial charge in [0, 0.05) is 29.6 Å². The molecule has 2 nitrogen and oxygen atoms in total. The van der Waals surface area contributed by atoms with Gasteiger partial charge in [-0.3, -0.25) is 0 Å². The summed E-state index contributed by atoms with van der Waals surface area (Å²) in [6.45, 7) is 0. The Labute approximate surface area is 53.4 Å². The van der Waals surface area contributed by atoms with Crippen molar-refractivity contribution in [3.63, 3.8) is 0 Å². The van der Waals surface area contributed by atoms with E-state index in [0.717, 1.165) is 0 Å². The molecule has 0 fully saturated rings. The van der Waals surface area contributed by atoms with Crippen LogP contribution in [-0.4, -0.2) is 29.6 Å². The van der Waals surface area contributed by atoms with E-state index in [-0.39, 0.29) is 29.6 Å². The van der Waals surface area contributed by atoms with E-state index in [1.807, 2.05) is 0 Å². The van der Waals surface area contributed by atoms with Crippen molar-refractivity contribution in [3.05, 3.63) is 0 Å². The first-order chi connectivity index (χ1) is 1.41. The Balaban J connectivity index is 0. The molecular formula is NaO2Ru. The first-order valence-corrected chi connectivity index (χ1v) is 1.71. The molecule has 0 saturated heterocycles. The molecule has 0 aliphatic heterocycles. The van der Waals surface area contributed by atoms with E-state index < -0.39 is 17.0 Å². The third-order valence-corrected chi connectivity index (χ3v) is 0. The zero-order valence-corrected chi connectivity index (χ0v) is 5.91. The Morgan fingerprint density at radius 2 is 1.25 bits per heavy atom. The van der Waals surface area contributed by atoms with Crippen molar-refractivity contribution in [3.8, 4) is 0 Å². The minimum atomic E-state index is -1.79. The van der Waals surface area contributed by atoms with Gasteiger partial charge in [0.15, 0.2) is 0 Å². The van der Waals surface area contributed by atoms with E-state index in [4.69, 9.17) is 7.15 Å². The van der Waals surface area contributed by atoms with Crippen LogP contribution in [0.3, 0.4) is 0 Å². The van der Waals surface area contributed by atoms with Gasteiger partial charge in [0.25, 0.3) is 0 Å². The minimum absolute atomic E-state index is 0. The van der Waals surface area contributed by atoms with Crippen LogP contribution in [-0.2, 0) is 24.2 Å². The van der Waals surface area contributed by atoms with Crippen LogP contribution in [0.4, 0.5) is 0 Å². The Morgan fingerprint density at radius 3 is 1.25 bits per heavy atom. The van der Waals surface area contributed by atoms with Crippen LogP contribution in [0.15, 0.2) is 0 Å². The van der Waals surface area contributed by atoms with Gasteiger partial charge in [-0.2, -0.15) is 0 Å². The first-order valence-electron chi connectivity index (χ1n) is 0.289. The molecule has 0 aromatic carbocycles. The van der Waals surface area contributed by atoms with Gasteiger partial charge in [-0.1, -0.05) is 0 Å². The average molecular weight is 156 g/mol. The molecule has 0 bridgehead atoms. The predicted molar refractivity (Wildman–Crippen MR) is 7.13 cm³/mol. The number of hydrogen-bond acceptors (Lipinski definition) is 2. The summed E-state index contributed by atoms with van der Waals surface area (Å²) in [4.78, 5) is 0. The maximum absolute atomic E-state index is 8.46. The van der Waals surface area contributed by atoms with E-state index in [9.17, 15) is 0 Å². The topological polar surface area (TPSA) is 34.1 Å². The normalized spacial score (nSPS) is 4.00. The van der Waals surface area contributed by atoms with Gasteiger partial charge in [0.1, 0.15) is 0 Å². The molecule has 0 saturated carbocycles. The molecular weight excluding hydrogens is 156 g/mol. The summed E-state index contributed by atoms with van der Waals surface area (Å²) in [6, 6.07) is 0. The molecule has 0 aliphatic carbocycles. The molecule has 0 amide bonds. The van der Waals surface area contributed by atoms with Gasteiger partial charge in [-0.15, -0.1) is 0 Å². The molecule has 4 heavy (non-hydrogen) atoms. The summed E-state index contributed by atoms with van der Waals surface area (Å²) >= 11 is -1.79. The van der Waals surface area contributed by atoms with Crippen molar-refractivity contribution in [1.82, 2.24) is 0 Å². The van der Waals surface area contributed by atoms with E-state index >= 15 is 0 Å². The standard InChI is InChI=1S/Na.2O.Ru. The van der Waals surface area contributed by atoms with E-state index in [2.05, 4.69) is 0 Å². The van der Waals surface area contributed by atoms with Crippen molar-refractivity contribution in [2.75, 3.05) is 0 Å². The Kier molecular flexibility index (Phi) is 19.9. The molecule has 4 heteroatoms.